The van der Waals surface area contributed by atoms with Gasteiger partial charge >= 0.3 is 0 Å². The van der Waals surface area contributed by atoms with Crippen molar-refractivity contribution < 1.29 is 9.59 Å². The van der Waals surface area contributed by atoms with Crippen LogP contribution in [0.5, 0.6) is 0 Å². The van der Waals surface area contributed by atoms with Gasteiger partial charge in [-0.3, -0.25) is 9.59 Å². The topological polar surface area (TPSA) is 49.4 Å². The Balaban J connectivity index is 1.49. The second kappa shape index (κ2) is 9.45. The number of carbonyl (C=O) groups excluding carboxylic acids is 2. The van der Waals surface area contributed by atoms with Gasteiger partial charge in [-0.05, 0) is 49.1 Å². The Labute approximate surface area is 161 Å². The fourth-order valence-electron chi connectivity index (χ4n) is 4.06. The average molecular weight is 375 g/mol. The van der Waals surface area contributed by atoms with Crippen LogP contribution in [-0.2, 0) is 16.1 Å². The van der Waals surface area contributed by atoms with Crippen molar-refractivity contribution in [1.29, 1.82) is 0 Å². The van der Waals surface area contributed by atoms with Gasteiger partial charge in [0.15, 0.2) is 0 Å². The Kier molecular flexibility index (Phi) is 7.00. The van der Waals surface area contributed by atoms with E-state index in [4.69, 9.17) is 0 Å². The van der Waals surface area contributed by atoms with E-state index in [1.54, 1.807) is 11.8 Å². The summed E-state index contributed by atoms with van der Waals surface area (Å²) in [6.07, 6.45) is 9.59. The first-order valence-electron chi connectivity index (χ1n) is 9.84. The van der Waals surface area contributed by atoms with Gasteiger partial charge in [-0.1, -0.05) is 31.4 Å². The Morgan fingerprint density at radius 1 is 1.15 bits per heavy atom. The van der Waals surface area contributed by atoms with Crippen LogP contribution < -0.4 is 5.32 Å². The van der Waals surface area contributed by atoms with Crippen LogP contribution in [0.1, 0.15) is 50.5 Å². The molecule has 1 saturated heterocycles. The monoisotopic (exact) mass is 374 g/mol. The van der Waals surface area contributed by atoms with Crippen molar-refractivity contribution in [3.05, 3.63) is 29.8 Å². The van der Waals surface area contributed by atoms with E-state index in [9.17, 15) is 9.59 Å². The molecule has 0 bridgehead atoms. The molecule has 1 atom stereocenters. The molecule has 4 nitrogen and oxygen atoms in total. The lowest BCUT2D eigenvalue weighted by Crippen LogP contribution is -2.47. The molecule has 3 rings (SSSR count). The van der Waals surface area contributed by atoms with Gasteiger partial charge in [0, 0.05) is 31.0 Å². The third-order valence-corrected chi connectivity index (χ3v) is 6.44. The highest BCUT2D eigenvalue weighted by Crippen LogP contribution is 2.27. The molecule has 1 aromatic carbocycles. The molecule has 1 aliphatic carbocycles. The number of amides is 2. The summed E-state index contributed by atoms with van der Waals surface area (Å²) in [5, 5.41) is 3.06. The lowest BCUT2D eigenvalue weighted by Gasteiger charge is -2.35. The van der Waals surface area contributed by atoms with E-state index < -0.39 is 0 Å². The number of nitrogens with one attached hydrogen (secondary N) is 1. The van der Waals surface area contributed by atoms with Gasteiger partial charge in [0.2, 0.25) is 11.8 Å². The third-order valence-electron chi connectivity index (χ3n) is 5.70. The standard InChI is InChI=1S/C21H30N2O2S/c1-26-19-10-7-16(8-11-19)13-22-21(25)18-9-12-20(24)23(15-18)14-17-5-3-2-4-6-17/h7-8,10-11,17-18H,2-6,9,12-15H2,1H3,(H,22,25)/t18-/m1/s1. The quantitative estimate of drug-likeness (QED) is 0.770. The van der Waals surface area contributed by atoms with Crippen LogP contribution in [0, 0.1) is 11.8 Å². The summed E-state index contributed by atoms with van der Waals surface area (Å²) in [5.41, 5.74) is 1.11. The molecule has 0 unspecified atom stereocenters. The second-order valence-electron chi connectivity index (χ2n) is 7.60. The van der Waals surface area contributed by atoms with Crippen molar-refractivity contribution in [2.24, 2.45) is 11.8 Å². The molecule has 5 heteroatoms. The fourth-order valence-corrected chi connectivity index (χ4v) is 4.47. The minimum Gasteiger partial charge on any atom is -0.352 e. The maximum atomic E-state index is 12.6. The van der Waals surface area contributed by atoms with Gasteiger partial charge < -0.3 is 10.2 Å². The fraction of sp³-hybridized carbons (Fsp3) is 0.619. The third kappa shape index (κ3) is 5.26. The number of benzene rings is 1. The first-order chi connectivity index (χ1) is 12.7. The number of thioether (sulfide) groups is 1. The van der Waals surface area contributed by atoms with Crippen LogP contribution in [-0.4, -0.2) is 36.1 Å². The zero-order chi connectivity index (χ0) is 18.4. The van der Waals surface area contributed by atoms with Crippen LogP contribution in [0.4, 0.5) is 0 Å². The van der Waals surface area contributed by atoms with Crippen molar-refractivity contribution in [2.75, 3.05) is 19.3 Å². The number of nitrogens with zero attached hydrogens (tertiary/aromatic N) is 1. The van der Waals surface area contributed by atoms with Crippen LogP contribution >= 0.6 is 11.8 Å². The van der Waals surface area contributed by atoms with E-state index in [0.717, 1.165) is 12.1 Å². The number of hydrogen-bond donors (Lipinski definition) is 1. The van der Waals surface area contributed by atoms with E-state index in [1.807, 2.05) is 4.90 Å². The highest BCUT2D eigenvalue weighted by molar-refractivity contribution is 7.98. The summed E-state index contributed by atoms with van der Waals surface area (Å²) in [7, 11) is 0. The number of hydrogen-bond acceptors (Lipinski definition) is 3. The van der Waals surface area contributed by atoms with Crippen molar-refractivity contribution in [2.45, 2.75) is 56.4 Å². The van der Waals surface area contributed by atoms with Crippen molar-refractivity contribution in [3.63, 3.8) is 0 Å². The van der Waals surface area contributed by atoms with Gasteiger partial charge in [-0.15, -0.1) is 11.8 Å². The Morgan fingerprint density at radius 2 is 1.88 bits per heavy atom. The van der Waals surface area contributed by atoms with E-state index in [0.29, 0.717) is 31.8 Å². The summed E-state index contributed by atoms with van der Waals surface area (Å²) < 4.78 is 0. The van der Waals surface area contributed by atoms with E-state index >= 15 is 0 Å². The van der Waals surface area contributed by atoms with E-state index in [1.165, 1.54) is 37.0 Å². The van der Waals surface area contributed by atoms with Crippen molar-refractivity contribution >= 4 is 23.6 Å². The highest BCUT2D eigenvalue weighted by Gasteiger charge is 2.31. The Morgan fingerprint density at radius 3 is 2.58 bits per heavy atom. The van der Waals surface area contributed by atoms with Crippen LogP contribution in [0.15, 0.2) is 29.2 Å². The Bertz CT molecular complexity index is 611. The number of carbonyl (C=O) groups is 2. The van der Waals surface area contributed by atoms with E-state index in [-0.39, 0.29) is 17.7 Å². The molecule has 1 aliphatic heterocycles. The van der Waals surface area contributed by atoms with Crippen LogP contribution in [0.3, 0.4) is 0 Å². The normalized spacial score (nSPS) is 21.7. The summed E-state index contributed by atoms with van der Waals surface area (Å²) in [6, 6.07) is 8.28. The number of piperidine rings is 1. The SMILES string of the molecule is CSc1ccc(CNC(=O)[C@@H]2CCC(=O)N(CC3CCCCC3)C2)cc1. The summed E-state index contributed by atoms with van der Waals surface area (Å²) in [4.78, 5) is 28.0. The maximum Gasteiger partial charge on any atom is 0.225 e. The van der Waals surface area contributed by atoms with Gasteiger partial charge in [0.1, 0.15) is 0 Å². The van der Waals surface area contributed by atoms with Crippen LogP contribution in [0.2, 0.25) is 0 Å². The molecule has 1 aromatic rings. The molecule has 1 heterocycles. The zero-order valence-corrected chi connectivity index (χ0v) is 16.5. The molecular weight excluding hydrogens is 344 g/mol. The molecule has 1 N–H and O–H groups in total. The van der Waals surface area contributed by atoms with Crippen LogP contribution in [0.25, 0.3) is 0 Å². The number of likely N-dealkylation sites (tertiary alicyclic amines) is 1. The first kappa shape index (κ1) is 19.3. The Hall–Kier alpha value is -1.49. The van der Waals surface area contributed by atoms with Crippen molar-refractivity contribution in [3.8, 4) is 0 Å². The minimum atomic E-state index is -0.0678. The largest absolute Gasteiger partial charge is 0.352 e. The maximum absolute atomic E-state index is 12.6. The van der Waals surface area contributed by atoms with Crippen molar-refractivity contribution in [1.82, 2.24) is 10.2 Å². The van der Waals surface area contributed by atoms with Gasteiger partial charge in [0.25, 0.3) is 0 Å². The smallest absolute Gasteiger partial charge is 0.225 e. The molecule has 2 aliphatic rings. The van der Waals surface area contributed by atoms with Gasteiger partial charge in [-0.2, -0.15) is 0 Å². The molecule has 2 amide bonds. The predicted molar refractivity (Wildman–Crippen MR) is 106 cm³/mol. The molecule has 0 spiro atoms. The molecule has 142 valence electrons. The molecular formula is C21H30N2O2S. The second-order valence-corrected chi connectivity index (χ2v) is 8.48. The summed E-state index contributed by atoms with van der Waals surface area (Å²) in [5.74, 6) is 0.874. The van der Waals surface area contributed by atoms with Gasteiger partial charge in [-0.25, -0.2) is 0 Å². The molecule has 26 heavy (non-hydrogen) atoms. The summed E-state index contributed by atoms with van der Waals surface area (Å²) >= 11 is 1.71. The average Bonchev–Trinajstić information content (AvgIpc) is 2.69. The van der Waals surface area contributed by atoms with Gasteiger partial charge in [0.05, 0.1) is 5.92 Å². The molecule has 0 aromatic heterocycles. The highest BCUT2D eigenvalue weighted by atomic mass is 32.2. The number of rotatable bonds is 6. The first-order valence-corrected chi connectivity index (χ1v) is 11.1. The lowest BCUT2D eigenvalue weighted by atomic mass is 9.87. The molecule has 1 saturated carbocycles. The van der Waals surface area contributed by atoms with E-state index in [2.05, 4.69) is 35.8 Å². The summed E-state index contributed by atoms with van der Waals surface area (Å²) in [6.45, 7) is 1.99. The minimum absolute atomic E-state index is 0.0678. The molecule has 2 fully saturated rings. The molecule has 0 radical (unpaired) electrons. The predicted octanol–water partition coefficient (Wildman–Crippen LogP) is 3.84. The lowest BCUT2D eigenvalue weighted by molar-refractivity contribution is -0.139. The zero-order valence-electron chi connectivity index (χ0n) is 15.7.